The Morgan fingerprint density at radius 3 is 2.84 bits per heavy atom. The lowest BCUT2D eigenvalue weighted by Crippen LogP contribution is -2.55. The summed E-state index contributed by atoms with van der Waals surface area (Å²) in [7, 11) is 0. The molecule has 3 nitrogen and oxygen atoms in total. The van der Waals surface area contributed by atoms with E-state index >= 15 is 0 Å². The zero-order valence-corrected chi connectivity index (χ0v) is 15.6. The van der Waals surface area contributed by atoms with E-state index in [0.717, 1.165) is 18.5 Å². The molecule has 0 bridgehead atoms. The maximum atomic E-state index is 12.3. The minimum atomic E-state index is -0.551. The SMILES string of the molecule is Cc1cccc(C2=C[C@H](C)N3CCCC[C@@H]3[C@@]3(C)OC(=O)C=C23)c1C. The lowest BCUT2D eigenvalue weighted by atomic mass is 9.78. The number of rotatable bonds is 1. The molecule has 0 N–H and O–H groups in total. The van der Waals surface area contributed by atoms with E-state index in [1.54, 1.807) is 6.08 Å². The van der Waals surface area contributed by atoms with Gasteiger partial charge in [0.2, 0.25) is 0 Å². The second-order valence-electron chi connectivity index (χ2n) is 7.90. The molecule has 0 aliphatic carbocycles. The molecule has 1 fully saturated rings. The van der Waals surface area contributed by atoms with E-state index in [9.17, 15) is 4.79 Å². The average molecular weight is 337 g/mol. The first kappa shape index (κ1) is 16.6. The van der Waals surface area contributed by atoms with E-state index in [4.69, 9.17) is 4.74 Å². The highest BCUT2D eigenvalue weighted by atomic mass is 16.6. The van der Waals surface area contributed by atoms with Gasteiger partial charge in [-0.15, -0.1) is 0 Å². The van der Waals surface area contributed by atoms with E-state index in [0.29, 0.717) is 6.04 Å². The Balaban J connectivity index is 1.92. The molecule has 0 amide bonds. The highest BCUT2D eigenvalue weighted by Crippen LogP contribution is 2.47. The van der Waals surface area contributed by atoms with E-state index in [2.05, 4.69) is 56.9 Å². The Hall–Kier alpha value is -1.87. The summed E-state index contributed by atoms with van der Waals surface area (Å²) in [5, 5.41) is 0. The molecule has 4 rings (SSSR count). The minimum Gasteiger partial charge on any atom is -0.450 e. The summed E-state index contributed by atoms with van der Waals surface area (Å²) in [4.78, 5) is 14.8. The first-order valence-electron chi connectivity index (χ1n) is 9.41. The summed E-state index contributed by atoms with van der Waals surface area (Å²) in [5.41, 5.74) is 5.47. The minimum absolute atomic E-state index is 0.200. The van der Waals surface area contributed by atoms with Crippen molar-refractivity contribution >= 4 is 11.5 Å². The van der Waals surface area contributed by atoms with Crippen molar-refractivity contribution in [1.82, 2.24) is 4.90 Å². The van der Waals surface area contributed by atoms with Gasteiger partial charge >= 0.3 is 5.97 Å². The number of benzene rings is 1. The van der Waals surface area contributed by atoms with Crippen LogP contribution in [0.4, 0.5) is 0 Å². The van der Waals surface area contributed by atoms with Crippen LogP contribution in [0.2, 0.25) is 0 Å². The fourth-order valence-electron chi connectivity index (χ4n) is 4.88. The largest absolute Gasteiger partial charge is 0.450 e. The van der Waals surface area contributed by atoms with Crippen molar-refractivity contribution in [3.05, 3.63) is 52.6 Å². The fraction of sp³-hybridized carbons (Fsp3) is 0.500. The number of carbonyl (C=O) groups excluding carboxylic acids is 1. The zero-order chi connectivity index (χ0) is 17.8. The smallest absolute Gasteiger partial charge is 0.332 e. The molecule has 0 radical (unpaired) electrons. The van der Waals surface area contributed by atoms with Gasteiger partial charge in [0, 0.05) is 17.7 Å². The number of fused-ring (bicyclic) bond motifs is 3. The normalized spacial score (nSPS) is 32.2. The molecule has 0 saturated carbocycles. The van der Waals surface area contributed by atoms with Gasteiger partial charge in [-0.2, -0.15) is 0 Å². The summed E-state index contributed by atoms with van der Waals surface area (Å²) in [6.45, 7) is 9.78. The molecule has 1 aromatic carbocycles. The third-order valence-electron chi connectivity index (χ3n) is 6.41. The molecule has 132 valence electrons. The van der Waals surface area contributed by atoms with Crippen LogP contribution < -0.4 is 0 Å². The molecular formula is C22H27NO2. The number of hydrogen-bond acceptors (Lipinski definition) is 3. The first-order valence-corrected chi connectivity index (χ1v) is 9.41. The van der Waals surface area contributed by atoms with Crippen LogP contribution in [0, 0.1) is 13.8 Å². The third kappa shape index (κ3) is 2.48. The molecule has 3 aliphatic rings. The Morgan fingerprint density at radius 2 is 2.04 bits per heavy atom. The van der Waals surface area contributed by atoms with Gasteiger partial charge in [-0.25, -0.2) is 4.79 Å². The van der Waals surface area contributed by atoms with Crippen molar-refractivity contribution in [2.24, 2.45) is 0 Å². The van der Waals surface area contributed by atoms with Crippen LogP contribution in [-0.2, 0) is 9.53 Å². The van der Waals surface area contributed by atoms with Crippen LogP contribution in [-0.4, -0.2) is 35.1 Å². The van der Waals surface area contributed by atoms with Crippen molar-refractivity contribution in [2.45, 2.75) is 64.6 Å². The standard InChI is InChI=1S/C22H27NO2/c1-14-8-7-9-17(16(14)3)18-12-15(2)23-11-6-5-10-20(23)22(4)19(18)13-21(24)25-22/h7-9,12-13,15,20H,5-6,10-11H2,1-4H3/t15-,20+,22-/m0/s1. The predicted molar refractivity (Wildman–Crippen MR) is 100 cm³/mol. The molecule has 1 saturated heterocycles. The number of esters is 1. The van der Waals surface area contributed by atoms with E-state index in [-0.39, 0.29) is 12.0 Å². The van der Waals surface area contributed by atoms with Gasteiger partial charge in [0.1, 0.15) is 0 Å². The molecule has 3 aliphatic heterocycles. The maximum Gasteiger partial charge on any atom is 0.332 e. The quantitative estimate of drug-likeness (QED) is 0.720. The number of piperidine rings is 1. The number of hydrogen-bond donors (Lipinski definition) is 0. The number of carbonyl (C=O) groups is 1. The maximum absolute atomic E-state index is 12.3. The van der Waals surface area contributed by atoms with Crippen LogP contribution in [0.5, 0.6) is 0 Å². The van der Waals surface area contributed by atoms with Crippen LogP contribution in [0.1, 0.15) is 49.8 Å². The highest BCUT2D eigenvalue weighted by Gasteiger charge is 2.52. The summed E-state index contributed by atoms with van der Waals surface area (Å²) in [5.74, 6) is -0.200. The second-order valence-corrected chi connectivity index (χ2v) is 7.90. The molecule has 3 heteroatoms. The van der Waals surface area contributed by atoms with Crippen molar-refractivity contribution < 1.29 is 9.53 Å². The monoisotopic (exact) mass is 337 g/mol. The van der Waals surface area contributed by atoms with Gasteiger partial charge in [-0.3, -0.25) is 4.90 Å². The molecule has 1 aromatic rings. The van der Waals surface area contributed by atoms with E-state index in [1.165, 1.54) is 35.1 Å². The van der Waals surface area contributed by atoms with Crippen LogP contribution in [0.15, 0.2) is 35.9 Å². The van der Waals surface area contributed by atoms with Gasteiger partial charge in [0.05, 0.1) is 6.04 Å². The number of nitrogens with zero attached hydrogens (tertiary/aromatic N) is 1. The highest BCUT2D eigenvalue weighted by molar-refractivity contribution is 5.96. The van der Waals surface area contributed by atoms with Crippen molar-refractivity contribution in [1.29, 1.82) is 0 Å². The Morgan fingerprint density at radius 1 is 1.24 bits per heavy atom. The van der Waals surface area contributed by atoms with Crippen LogP contribution in [0.25, 0.3) is 5.57 Å². The molecule has 0 spiro atoms. The van der Waals surface area contributed by atoms with E-state index < -0.39 is 5.60 Å². The zero-order valence-electron chi connectivity index (χ0n) is 15.6. The van der Waals surface area contributed by atoms with E-state index in [1.807, 2.05) is 0 Å². The molecule has 3 atom stereocenters. The van der Waals surface area contributed by atoms with Gasteiger partial charge in [0.15, 0.2) is 5.60 Å². The van der Waals surface area contributed by atoms with Crippen LogP contribution >= 0.6 is 0 Å². The van der Waals surface area contributed by atoms with Gasteiger partial charge in [-0.1, -0.05) is 30.7 Å². The van der Waals surface area contributed by atoms with Crippen LogP contribution in [0.3, 0.4) is 0 Å². The number of ether oxygens (including phenoxy) is 1. The lowest BCUT2D eigenvalue weighted by Gasteiger charge is -2.45. The third-order valence-corrected chi connectivity index (χ3v) is 6.41. The number of aryl methyl sites for hydroxylation is 1. The van der Waals surface area contributed by atoms with Gasteiger partial charge < -0.3 is 4.74 Å². The van der Waals surface area contributed by atoms with Gasteiger partial charge in [-0.05, 0) is 69.3 Å². The van der Waals surface area contributed by atoms with Gasteiger partial charge in [0.25, 0.3) is 0 Å². The second kappa shape index (κ2) is 5.84. The Bertz CT molecular complexity index is 791. The predicted octanol–water partition coefficient (Wildman–Crippen LogP) is 4.19. The summed E-state index contributed by atoms with van der Waals surface area (Å²) < 4.78 is 5.96. The molecule has 25 heavy (non-hydrogen) atoms. The summed E-state index contributed by atoms with van der Waals surface area (Å²) in [6.07, 6.45) is 7.58. The first-order chi connectivity index (χ1) is 11.9. The Kier molecular flexibility index (Phi) is 3.88. The molecule has 3 heterocycles. The summed E-state index contributed by atoms with van der Waals surface area (Å²) in [6, 6.07) is 7.02. The lowest BCUT2D eigenvalue weighted by molar-refractivity contribution is -0.151. The molecule has 0 aromatic heterocycles. The van der Waals surface area contributed by atoms with Crippen molar-refractivity contribution in [3.8, 4) is 0 Å². The van der Waals surface area contributed by atoms with Crippen molar-refractivity contribution in [3.63, 3.8) is 0 Å². The van der Waals surface area contributed by atoms with Crippen molar-refractivity contribution in [2.75, 3.05) is 6.54 Å². The Labute approximate surface area is 150 Å². The fourth-order valence-corrected chi connectivity index (χ4v) is 4.88. The summed E-state index contributed by atoms with van der Waals surface area (Å²) >= 11 is 0. The average Bonchev–Trinajstić information content (AvgIpc) is 2.87. The topological polar surface area (TPSA) is 29.5 Å². The molecular weight excluding hydrogens is 310 g/mol. The molecule has 0 unspecified atom stereocenters.